The zero-order valence-electron chi connectivity index (χ0n) is 10.6. The highest BCUT2D eigenvalue weighted by Gasteiger charge is 2.29. The molecule has 0 bridgehead atoms. The highest BCUT2D eigenvalue weighted by atomic mass is 32.2. The molecule has 0 aromatic carbocycles. The van der Waals surface area contributed by atoms with E-state index in [0.717, 1.165) is 11.8 Å². The molecule has 3 amide bonds. The first kappa shape index (κ1) is 15.8. The number of aliphatic hydroxyl groups excluding tert-OH is 1. The maximum absolute atomic E-state index is 11.5. The topological polar surface area (TPSA) is 113 Å². The van der Waals surface area contributed by atoms with Crippen molar-refractivity contribution >= 4 is 29.5 Å². The third kappa shape index (κ3) is 5.48. The van der Waals surface area contributed by atoms with Crippen molar-refractivity contribution in [3.8, 4) is 0 Å². The Morgan fingerprint density at radius 1 is 1.47 bits per heavy atom. The number of rotatable bonds is 8. The van der Waals surface area contributed by atoms with Gasteiger partial charge in [-0.1, -0.05) is 0 Å². The summed E-state index contributed by atoms with van der Waals surface area (Å²) < 4.78 is 0. The number of hydrogen-bond donors (Lipinski definition) is 3. The van der Waals surface area contributed by atoms with Crippen LogP contribution < -0.4 is 11.1 Å². The Balaban J connectivity index is 2.17. The van der Waals surface area contributed by atoms with Crippen molar-refractivity contribution in [2.45, 2.75) is 18.9 Å². The number of carbonyl (C=O) groups is 3. The maximum atomic E-state index is 11.5. The third-order valence-corrected chi connectivity index (χ3v) is 3.77. The van der Waals surface area contributed by atoms with Crippen molar-refractivity contribution in [3.05, 3.63) is 0 Å². The van der Waals surface area contributed by atoms with Crippen LogP contribution in [0.5, 0.6) is 0 Å². The van der Waals surface area contributed by atoms with E-state index in [0.29, 0.717) is 25.9 Å². The van der Waals surface area contributed by atoms with Gasteiger partial charge in [0.05, 0.1) is 24.2 Å². The minimum absolute atomic E-state index is 0.0106. The Bertz CT molecular complexity index is 351. The molecule has 1 heterocycles. The average Bonchev–Trinajstić information content (AvgIpc) is 2.70. The Labute approximate surface area is 115 Å². The molecule has 0 spiro atoms. The predicted octanol–water partition coefficient (Wildman–Crippen LogP) is -1.70. The number of nitrogens with one attached hydrogen (secondary N) is 1. The molecule has 0 aromatic rings. The van der Waals surface area contributed by atoms with Crippen LogP contribution in [0.15, 0.2) is 0 Å². The monoisotopic (exact) mass is 289 g/mol. The Morgan fingerprint density at radius 3 is 2.84 bits per heavy atom. The molecule has 1 atom stereocenters. The number of hydrogen-bond acceptors (Lipinski definition) is 5. The second kappa shape index (κ2) is 8.00. The number of nitrogens with two attached hydrogens (primary N) is 1. The van der Waals surface area contributed by atoms with Crippen LogP contribution in [0.1, 0.15) is 12.8 Å². The summed E-state index contributed by atoms with van der Waals surface area (Å²) in [4.78, 5) is 35.0. The van der Waals surface area contributed by atoms with Gasteiger partial charge in [0.2, 0.25) is 17.7 Å². The highest BCUT2D eigenvalue weighted by molar-refractivity contribution is 8.00. The third-order valence-electron chi connectivity index (χ3n) is 2.82. The van der Waals surface area contributed by atoms with Gasteiger partial charge in [-0.05, 0) is 6.42 Å². The fraction of sp³-hybridized carbons (Fsp3) is 0.727. The summed E-state index contributed by atoms with van der Waals surface area (Å²) in [5.74, 6) is -0.355. The van der Waals surface area contributed by atoms with Crippen molar-refractivity contribution in [1.29, 1.82) is 0 Å². The van der Waals surface area contributed by atoms with E-state index in [1.807, 2.05) is 0 Å². The van der Waals surface area contributed by atoms with Crippen LogP contribution in [0.4, 0.5) is 0 Å². The van der Waals surface area contributed by atoms with Crippen molar-refractivity contribution in [3.63, 3.8) is 0 Å². The molecule has 19 heavy (non-hydrogen) atoms. The summed E-state index contributed by atoms with van der Waals surface area (Å²) >= 11 is 1.15. The van der Waals surface area contributed by atoms with Gasteiger partial charge < -0.3 is 21.1 Å². The first-order chi connectivity index (χ1) is 9.04. The van der Waals surface area contributed by atoms with E-state index in [9.17, 15) is 14.4 Å². The molecule has 1 fully saturated rings. The lowest BCUT2D eigenvalue weighted by Crippen LogP contribution is -2.41. The van der Waals surface area contributed by atoms with E-state index in [1.54, 1.807) is 4.90 Å². The van der Waals surface area contributed by atoms with Crippen molar-refractivity contribution in [2.24, 2.45) is 5.73 Å². The van der Waals surface area contributed by atoms with Gasteiger partial charge in [-0.2, -0.15) is 0 Å². The number of carbonyl (C=O) groups excluding carboxylic acids is 3. The maximum Gasteiger partial charge on any atom is 0.230 e. The van der Waals surface area contributed by atoms with Crippen LogP contribution in [0.25, 0.3) is 0 Å². The molecular formula is C11H19N3O4S. The fourth-order valence-electron chi connectivity index (χ4n) is 1.90. The van der Waals surface area contributed by atoms with Crippen LogP contribution in [0.3, 0.4) is 0 Å². The van der Waals surface area contributed by atoms with Crippen LogP contribution in [-0.2, 0) is 14.4 Å². The van der Waals surface area contributed by atoms with E-state index in [1.165, 1.54) is 0 Å². The summed E-state index contributed by atoms with van der Waals surface area (Å²) in [6.07, 6.45) is 1.12. The molecule has 108 valence electrons. The van der Waals surface area contributed by atoms with Gasteiger partial charge in [-0.3, -0.25) is 14.4 Å². The second-order valence-electron chi connectivity index (χ2n) is 4.27. The first-order valence-corrected chi connectivity index (χ1v) is 7.23. The van der Waals surface area contributed by atoms with Crippen LogP contribution in [0.2, 0.25) is 0 Å². The molecule has 1 rings (SSSR count). The second-order valence-corrected chi connectivity index (χ2v) is 5.26. The zero-order chi connectivity index (χ0) is 14.3. The molecule has 0 unspecified atom stereocenters. The SMILES string of the molecule is NC(=O)CSCC(=O)NCCN1C(=O)CC[C@@H]1CO. The number of aliphatic hydroxyl groups is 1. The summed E-state index contributed by atoms with van der Waals surface area (Å²) in [6, 6.07) is -0.131. The van der Waals surface area contributed by atoms with Gasteiger partial charge in [-0.25, -0.2) is 0 Å². The average molecular weight is 289 g/mol. The minimum atomic E-state index is -0.453. The molecule has 4 N–H and O–H groups in total. The number of amides is 3. The van der Waals surface area contributed by atoms with Crippen molar-refractivity contribution in [2.75, 3.05) is 31.2 Å². The van der Waals surface area contributed by atoms with Crippen molar-refractivity contribution in [1.82, 2.24) is 10.2 Å². The minimum Gasteiger partial charge on any atom is -0.394 e. The molecule has 8 heteroatoms. The van der Waals surface area contributed by atoms with Crippen LogP contribution >= 0.6 is 11.8 Å². The quantitative estimate of drug-likeness (QED) is 0.493. The predicted molar refractivity (Wildman–Crippen MR) is 71.3 cm³/mol. The van der Waals surface area contributed by atoms with E-state index in [2.05, 4.69) is 5.32 Å². The van der Waals surface area contributed by atoms with E-state index < -0.39 is 5.91 Å². The highest BCUT2D eigenvalue weighted by Crippen LogP contribution is 2.17. The van der Waals surface area contributed by atoms with Gasteiger partial charge >= 0.3 is 0 Å². The zero-order valence-corrected chi connectivity index (χ0v) is 11.4. The lowest BCUT2D eigenvalue weighted by atomic mass is 10.2. The standard InChI is InChI=1S/C11H19N3O4S/c12-9(16)6-19-7-10(17)13-3-4-14-8(5-15)1-2-11(14)18/h8,15H,1-7H2,(H2,12,16)(H,13,17)/t8-/m1/s1. The number of nitrogens with zero attached hydrogens (tertiary/aromatic N) is 1. The van der Waals surface area contributed by atoms with E-state index in [4.69, 9.17) is 10.8 Å². The summed E-state index contributed by atoms with van der Waals surface area (Å²) in [6.45, 7) is 0.697. The number of primary amides is 1. The van der Waals surface area contributed by atoms with Gasteiger partial charge in [0.1, 0.15) is 0 Å². The van der Waals surface area contributed by atoms with Gasteiger partial charge in [0, 0.05) is 19.5 Å². The normalized spacial score (nSPS) is 18.7. The van der Waals surface area contributed by atoms with Gasteiger partial charge in [0.25, 0.3) is 0 Å². The molecule has 0 aromatic heterocycles. The van der Waals surface area contributed by atoms with Crippen LogP contribution in [-0.4, -0.2) is 65.0 Å². The summed E-state index contributed by atoms with van der Waals surface area (Å²) in [5, 5.41) is 11.8. The number of likely N-dealkylation sites (tertiary alicyclic amines) is 1. The molecule has 0 radical (unpaired) electrons. The van der Waals surface area contributed by atoms with E-state index >= 15 is 0 Å². The molecule has 0 saturated carbocycles. The molecule has 1 aliphatic rings. The molecule has 1 saturated heterocycles. The molecule has 0 aliphatic carbocycles. The lowest BCUT2D eigenvalue weighted by Gasteiger charge is -2.23. The molecular weight excluding hydrogens is 270 g/mol. The van der Waals surface area contributed by atoms with Crippen LogP contribution in [0, 0.1) is 0 Å². The Kier molecular flexibility index (Phi) is 6.65. The number of thioether (sulfide) groups is 1. The smallest absolute Gasteiger partial charge is 0.230 e. The Morgan fingerprint density at radius 2 is 2.21 bits per heavy atom. The first-order valence-electron chi connectivity index (χ1n) is 6.07. The summed E-state index contributed by atoms with van der Waals surface area (Å²) in [5.41, 5.74) is 4.95. The largest absolute Gasteiger partial charge is 0.394 e. The summed E-state index contributed by atoms with van der Waals surface area (Å²) in [7, 11) is 0. The molecule has 7 nitrogen and oxygen atoms in total. The van der Waals surface area contributed by atoms with Gasteiger partial charge in [0.15, 0.2) is 0 Å². The lowest BCUT2D eigenvalue weighted by molar-refractivity contribution is -0.130. The van der Waals surface area contributed by atoms with Gasteiger partial charge in [-0.15, -0.1) is 11.8 Å². The molecule has 1 aliphatic heterocycles. The fourth-order valence-corrected chi connectivity index (χ4v) is 2.49. The Hall–Kier alpha value is -1.28. The van der Waals surface area contributed by atoms with Crippen molar-refractivity contribution < 1.29 is 19.5 Å². The van der Waals surface area contributed by atoms with E-state index in [-0.39, 0.29) is 36.0 Å².